The first-order chi connectivity index (χ1) is 13.3. The first kappa shape index (κ1) is 20.0. The van der Waals surface area contributed by atoms with Gasteiger partial charge in [-0.25, -0.2) is 4.39 Å². The van der Waals surface area contributed by atoms with Crippen molar-refractivity contribution >= 4 is 45.0 Å². The van der Waals surface area contributed by atoms with Gasteiger partial charge in [-0.1, -0.05) is 27.7 Å². The van der Waals surface area contributed by atoms with Crippen LogP contribution in [-0.4, -0.2) is 31.3 Å². The number of nitro groups is 1. The molecule has 0 spiro atoms. The van der Waals surface area contributed by atoms with E-state index in [1.807, 2.05) is 0 Å². The van der Waals surface area contributed by atoms with Gasteiger partial charge in [-0.3, -0.25) is 14.9 Å². The fourth-order valence-corrected chi connectivity index (χ4v) is 3.38. The molecule has 0 unspecified atom stereocenters. The summed E-state index contributed by atoms with van der Waals surface area (Å²) in [5.74, 6) is -0.392. The van der Waals surface area contributed by atoms with E-state index in [0.29, 0.717) is 21.0 Å². The highest BCUT2D eigenvalue weighted by atomic mass is 79.9. The Kier molecular flexibility index (Phi) is 6.05. The molecule has 0 saturated carbocycles. The molecule has 1 N–H and O–H groups in total. The highest BCUT2D eigenvalue weighted by Crippen LogP contribution is 2.25. The first-order valence-corrected chi connectivity index (χ1v) is 9.65. The van der Waals surface area contributed by atoms with Crippen molar-refractivity contribution in [1.29, 1.82) is 0 Å². The lowest BCUT2D eigenvalue weighted by atomic mass is 10.2. The van der Waals surface area contributed by atoms with E-state index < -0.39 is 10.7 Å². The predicted molar refractivity (Wildman–Crippen MR) is 107 cm³/mol. The van der Waals surface area contributed by atoms with Crippen LogP contribution in [0.3, 0.4) is 0 Å². The zero-order valence-corrected chi connectivity index (χ0v) is 16.8. The molecule has 0 bridgehead atoms. The van der Waals surface area contributed by atoms with Gasteiger partial charge in [-0.2, -0.15) is 0 Å². The van der Waals surface area contributed by atoms with Crippen LogP contribution in [0.25, 0.3) is 11.4 Å². The number of amides is 1. The molecular formula is C17H13BrFN5O3S. The second-order valence-corrected chi connectivity index (χ2v) is 7.49. The summed E-state index contributed by atoms with van der Waals surface area (Å²) in [6.45, 7) is 0. The Hall–Kier alpha value is -2.79. The number of non-ortho nitro benzene ring substituents is 1. The lowest BCUT2D eigenvalue weighted by molar-refractivity contribution is -0.384. The highest BCUT2D eigenvalue weighted by Gasteiger charge is 2.15. The third kappa shape index (κ3) is 4.54. The predicted octanol–water partition coefficient (Wildman–Crippen LogP) is 4.02. The van der Waals surface area contributed by atoms with Crippen LogP contribution in [0, 0.1) is 15.9 Å². The number of aromatic nitrogens is 3. The normalized spacial score (nSPS) is 10.7. The first-order valence-electron chi connectivity index (χ1n) is 7.87. The number of anilines is 1. The van der Waals surface area contributed by atoms with E-state index in [2.05, 4.69) is 31.4 Å². The fourth-order valence-electron chi connectivity index (χ4n) is 2.33. The number of carbonyl (C=O) groups excluding carboxylic acids is 1. The number of halogens is 2. The summed E-state index contributed by atoms with van der Waals surface area (Å²) >= 11 is 4.30. The Morgan fingerprint density at radius 2 is 2.00 bits per heavy atom. The Morgan fingerprint density at radius 3 is 2.64 bits per heavy atom. The van der Waals surface area contributed by atoms with Gasteiger partial charge < -0.3 is 9.88 Å². The van der Waals surface area contributed by atoms with Crippen LogP contribution in [0.1, 0.15) is 0 Å². The molecule has 0 aliphatic carbocycles. The zero-order chi connectivity index (χ0) is 20.3. The molecule has 11 heteroatoms. The van der Waals surface area contributed by atoms with Crippen molar-refractivity contribution in [2.24, 2.45) is 7.05 Å². The van der Waals surface area contributed by atoms with Crippen LogP contribution in [0.4, 0.5) is 15.8 Å². The van der Waals surface area contributed by atoms with Gasteiger partial charge in [-0.05, 0) is 30.3 Å². The highest BCUT2D eigenvalue weighted by molar-refractivity contribution is 9.10. The number of rotatable bonds is 6. The molecule has 0 aliphatic rings. The van der Waals surface area contributed by atoms with Crippen molar-refractivity contribution in [2.75, 3.05) is 11.1 Å². The topological polar surface area (TPSA) is 103 Å². The van der Waals surface area contributed by atoms with Crippen LogP contribution in [0.5, 0.6) is 0 Å². The number of nitrogens with zero attached hydrogens (tertiary/aromatic N) is 4. The summed E-state index contributed by atoms with van der Waals surface area (Å²) in [6.07, 6.45) is 0. The molecule has 3 rings (SSSR count). The molecule has 8 nitrogen and oxygen atoms in total. The number of nitrogens with one attached hydrogen (secondary N) is 1. The number of thioether (sulfide) groups is 1. The third-order valence-electron chi connectivity index (χ3n) is 3.71. The van der Waals surface area contributed by atoms with Gasteiger partial charge in [0.05, 0.1) is 16.4 Å². The van der Waals surface area contributed by atoms with Crippen LogP contribution in [-0.2, 0) is 11.8 Å². The van der Waals surface area contributed by atoms with Crippen molar-refractivity contribution in [2.45, 2.75) is 5.16 Å². The monoisotopic (exact) mass is 465 g/mol. The quantitative estimate of drug-likeness (QED) is 0.335. The summed E-state index contributed by atoms with van der Waals surface area (Å²) in [4.78, 5) is 22.3. The average Bonchev–Trinajstić information content (AvgIpc) is 3.03. The molecule has 0 aliphatic heterocycles. The minimum Gasteiger partial charge on any atom is -0.323 e. The summed E-state index contributed by atoms with van der Waals surface area (Å²) in [5.41, 5.74) is 0.740. The van der Waals surface area contributed by atoms with Crippen LogP contribution < -0.4 is 5.32 Å². The lowest BCUT2D eigenvalue weighted by Gasteiger charge is -2.07. The maximum atomic E-state index is 13.8. The SMILES string of the molecule is Cn1c(SCC(=O)Nc2ccc(Br)cc2F)nnc1-c1ccc([N+](=O)[O-])cc1. The molecule has 1 heterocycles. The van der Waals surface area contributed by atoms with Crippen molar-refractivity contribution in [3.63, 3.8) is 0 Å². The van der Waals surface area contributed by atoms with Crippen molar-refractivity contribution < 1.29 is 14.1 Å². The largest absolute Gasteiger partial charge is 0.323 e. The van der Waals surface area contributed by atoms with E-state index in [0.717, 1.165) is 11.8 Å². The minimum absolute atomic E-state index is 0.0156. The van der Waals surface area contributed by atoms with Crippen molar-refractivity contribution in [3.8, 4) is 11.4 Å². The molecule has 28 heavy (non-hydrogen) atoms. The smallest absolute Gasteiger partial charge is 0.269 e. The maximum Gasteiger partial charge on any atom is 0.269 e. The summed E-state index contributed by atoms with van der Waals surface area (Å²) < 4.78 is 16.0. The molecule has 0 fully saturated rings. The molecule has 3 aromatic rings. The van der Waals surface area contributed by atoms with Crippen molar-refractivity contribution in [3.05, 3.63) is 62.9 Å². The van der Waals surface area contributed by atoms with Gasteiger partial charge in [0.1, 0.15) is 5.82 Å². The van der Waals surface area contributed by atoms with E-state index in [-0.39, 0.29) is 23.0 Å². The second-order valence-electron chi connectivity index (χ2n) is 5.63. The molecular weight excluding hydrogens is 453 g/mol. The third-order valence-corrected chi connectivity index (χ3v) is 5.22. The zero-order valence-electron chi connectivity index (χ0n) is 14.4. The number of hydrogen-bond acceptors (Lipinski definition) is 6. The Labute approximate surface area is 171 Å². The van der Waals surface area contributed by atoms with Gasteiger partial charge in [0.25, 0.3) is 5.69 Å². The van der Waals surface area contributed by atoms with Gasteiger partial charge >= 0.3 is 0 Å². The Bertz CT molecular complexity index is 1040. The van der Waals surface area contributed by atoms with Crippen LogP contribution in [0.15, 0.2) is 52.1 Å². The lowest BCUT2D eigenvalue weighted by Crippen LogP contribution is -2.15. The van der Waals surface area contributed by atoms with Crippen LogP contribution in [0.2, 0.25) is 0 Å². The van der Waals surface area contributed by atoms with Gasteiger partial charge in [0.15, 0.2) is 11.0 Å². The van der Waals surface area contributed by atoms with E-state index >= 15 is 0 Å². The summed E-state index contributed by atoms with van der Waals surface area (Å²) in [5, 5.41) is 21.8. The van der Waals surface area contributed by atoms with Gasteiger partial charge in [0.2, 0.25) is 5.91 Å². The van der Waals surface area contributed by atoms with Gasteiger partial charge in [0, 0.05) is 29.2 Å². The van der Waals surface area contributed by atoms with E-state index in [4.69, 9.17) is 0 Å². The average molecular weight is 466 g/mol. The summed E-state index contributed by atoms with van der Waals surface area (Å²) in [7, 11) is 1.73. The van der Waals surface area contributed by atoms with E-state index in [9.17, 15) is 19.3 Å². The van der Waals surface area contributed by atoms with Crippen LogP contribution >= 0.6 is 27.7 Å². The number of hydrogen-bond donors (Lipinski definition) is 1. The van der Waals surface area contributed by atoms with Gasteiger partial charge in [-0.15, -0.1) is 10.2 Å². The standard InChI is InChI=1S/C17H13BrFN5O3S/c1-23-16(10-2-5-12(6-3-10)24(26)27)21-22-17(23)28-9-15(25)20-14-7-4-11(18)8-13(14)19/h2-8H,9H2,1H3,(H,20,25). The summed E-state index contributed by atoms with van der Waals surface area (Å²) in [6, 6.07) is 10.3. The molecule has 144 valence electrons. The fraction of sp³-hybridized carbons (Fsp3) is 0.118. The number of benzene rings is 2. The maximum absolute atomic E-state index is 13.8. The van der Waals surface area contributed by atoms with E-state index in [1.54, 1.807) is 29.8 Å². The molecule has 0 radical (unpaired) electrons. The van der Waals surface area contributed by atoms with E-state index in [1.165, 1.54) is 24.3 Å². The molecule has 0 atom stereocenters. The molecule has 1 aromatic heterocycles. The minimum atomic E-state index is -0.535. The molecule has 1 amide bonds. The number of nitro benzene ring substituents is 1. The number of carbonyl (C=O) groups is 1. The van der Waals surface area contributed by atoms with Crippen molar-refractivity contribution in [1.82, 2.24) is 14.8 Å². The Morgan fingerprint density at radius 1 is 1.29 bits per heavy atom. The second kappa shape index (κ2) is 8.48. The molecule has 0 saturated heterocycles. The molecule has 2 aromatic carbocycles. The Balaban J connectivity index is 1.65.